The maximum Gasteiger partial charge on any atom is 0.253 e. The molecule has 1 aromatic carbocycles. The van der Waals surface area contributed by atoms with Gasteiger partial charge in [-0.2, -0.15) is 0 Å². The van der Waals surface area contributed by atoms with Crippen molar-refractivity contribution in [3.05, 3.63) is 71.8 Å². The van der Waals surface area contributed by atoms with Crippen LogP contribution < -0.4 is 5.32 Å². The van der Waals surface area contributed by atoms with Gasteiger partial charge in [-0.25, -0.2) is 0 Å². The van der Waals surface area contributed by atoms with Crippen molar-refractivity contribution in [2.75, 3.05) is 0 Å². The van der Waals surface area contributed by atoms with Crippen molar-refractivity contribution in [2.45, 2.75) is 57.5 Å². The summed E-state index contributed by atoms with van der Waals surface area (Å²) < 4.78 is 0. The first-order valence-electron chi connectivity index (χ1n) is 10.6. The van der Waals surface area contributed by atoms with E-state index in [9.17, 15) is 20.1 Å². The van der Waals surface area contributed by atoms with Crippen LogP contribution in [-0.4, -0.2) is 45.1 Å². The number of allylic oxidation sites excluding steroid dienone is 2. The van der Waals surface area contributed by atoms with E-state index in [1.807, 2.05) is 62.4 Å². The monoisotopic (exact) mass is 411 g/mol. The van der Waals surface area contributed by atoms with Crippen molar-refractivity contribution >= 4 is 5.91 Å². The fraction of sp³-hybridized carbons (Fsp3) is 0.480. The molecule has 0 unspecified atom stereocenters. The maximum absolute atomic E-state index is 12.9. The molecule has 0 radical (unpaired) electrons. The number of hydrogen-bond acceptors (Lipinski definition) is 4. The van der Waals surface area contributed by atoms with Crippen molar-refractivity contribution in [1.29, 1.82) is 0 Å². The largest absolute Gasteiger partial charge is 0.391 e. The van der Waals surface area contributed by atoms with E-state index in [2.05, 4.69) is 11.9 Å². The summed E-state index contributed by atoms with van der Waals surface area (Å²) in [6.45, 7) is 9.58. The van der Waals surface area contributed by atoms with Gasteiger partial charge in [0.25, 0.3) is 5.91 Å². The van der Waals surface area contributed by atoms with Gasteiger partial charge in [0.1, 0.15) is 0 Å². The molecule has 1 aliphatic heterocycles. The highest BCUT2D eigenvalue weighted by molar-refractivity contribution is 5.91. The average molecular weight is 412 g/mol. The van der Waals surface area contributed by atoms with Gasteiger partial charge in [-0.15, -0.1) is 0 Å². The molecular formula is C25H33NO4. The summed E-state index contributed by atoms with van der Waals surface area (Å²) in [5.41, 5.74) is 1.28. The van der Waals surface area contributed by atoms with Crippen molar-refractivity contribution in [3.63, 3.8) is 0 Å². The molecule has 2 aliphatic rings. The minimum absolute atomic E-state index is 0.140. The first-order valence-corrected chi connectivity index (χ1v) is 10.6. The van der Waals surface area contributed by atoms with E-state index < -0.39 is 29.6 Å². The molecule has 3 rings (SSSR count). The van der Waals surface area contributed by atoms with Crippen LogP contribution in [0.15, 0.2) is 66.3 Å². The summed E-state index contributed by atoms with van der Waals surface area (Å²) in [6, 6.07) is 9.69. The molecule has 5 heteroatoms. The quantitative estimate of drug-likeness (QED) is 0.519. The van der Waals surface area contributed by atoms with E-state index in [-0.39, 0.29) is 17.9 Å². The van der Waals surface area contributed by atoms with Gasteiger partial charge in [-0.05, 0) is 43.7 Å². The van der Waals surface area contributed by atoms with Crippen LogP contribution in [0.1, 0.15) is 32.8 Å². The molecule has 0 aromatic heterocycles. The number of carbonyl (C=O) groups is 1. The third kappa shape index (κ3) is 4.15. The van der Waals surface area contributed by atoms with Crippen LogP contribution in [0.5, 0.6) is 0 Å². The molecule has 0 saturated carbocycles. The molecule has 0 spiro atoms. The van der Waals surface area contributed by atoms with Crippen molar-refractivity contribution in [1.82, 2.24) is 5.32 Å². The zero-order valence-corrected chi connectivity index (χ0v) is 18.0. The van der Waals surface area contributed by atoms with Crippen LogP contribution in [0.4, 0.5) is 0 Å². The van der Waals surface area contributed by atoms with Gasteiger partial charge in [-0.3, -0.25) is 4.79 Å². The standard InChI is InChI=1S/C25H33NO4/c1-15(23(28)18(4)27)9-8-12-20-13-16(2)17(3)22-21(26-24(29)25(20,22)30)14-19-10-6-5-7-11-19/h5-8,10-13,15,18,20-23,27-28,30H,3,9,14H2,1-2,4H3,(H,26,29)/t15-,18-,20-,21-,22-,23-,25+/m0/s1. The minimum Gasteiger partial charge on any atom is -0.391 e. The number of nitrogens with one attached hydrogen (secondary N) is 1. The normalized spacial score (nSPS) is 31.8. The lowest BCUT2D eigenvalue weighted by atomic mass is 9.66. The number of hydrogen-bond donors (Lipinski definition) is 4. The van der Waals surface area contributed by atoms with E-state index in [4.69, 9.17) is 0 Å². The van der Waals surface area contributed by atoms with Crippen molar-refractivity contribution in [3.8, 4) is 0 Å². The number of aliphatic hydroxyl groups is 3. The Morgan fingerprint density at radius 1 is 1.23 bits per heavy atom. The smallest absolute Gasteiger partial charge is 0.253 e. The summed E-state index contributed by atoms with van der Waals surface area (Å²) in [5, 5.41) is 34.2. The first kappa shape index (κ1) is 22.5. The molecule has 1 heterocycles. The van der Waals surface area contributed by atoms with Crippen molar-refractivity contribution in [2.24, 2.45) is 17.8 Å². The Kier molecular flexibility index (Phi) is 6.65. The molecule has 7 atom stereocenters. The molecule has 30 heavy (non-hydrogen) atoms. The number of rotatable bonds is 7. The van der Waals surface area contributed by atoms with Gasteiger partial charge in [0, 0.05) is 17.9 Å². The molecular weight excluding hydrogens is 378 g/mol. The van der Waals surface area contributed by atoms with E-state index in [0.717, 1.165) is 16.7 Å². The Hall–Kier alpha value is -2.21. The van der Waals surface area contributed by atoms with Gasteiger partial charge < -0.3 is 20.6 Å². The van der Waals surface area contributed by atoms with Crippen molar-refractivity contribution < 1.29 is 20.1 Å². The predicted octanol–water partition coefficient (Wildman–Crippen LogP) is 2.53. The lowest BCUT2D eigenvalue weighted by molar-refractivity contribution is -0.140. The predicted molar refractivity (Wildman–Crippen MR) is 118 cm³/mol. The number of amides is 1. The Bertz CT molecular complexity index is 844. The van der Waals surface area contributed by atoms with Crippen LogP contribution in [0.25, 0.3) is 0 Å². The number of carbonyl (C=O) groups excluding carboxylic acids is 1. The van der Waals surface area contributed by atoms with E-state index in [0.29, 0.717) is 12.8 Å². The lowest BCUT2D eigenvalue weighted by Crippen LogP contribution is -2.51. The zero-order valence-electron chi connectivity index (χ0n) is 18.0. The van der Waals surface area contributed by atoms with E-state index in [1.165, 1.54) is 0 Å². The summed E-state index contributed by atoms with van der Waals surface area (Å²) in [6.07, 6.45) is 5.16. The molecule has 1 aromatic rings. The Morgan fingerprint density at radius 3 is 2.53 bits per heavy atom. The summed E-state index contributed by atoms with van der Waals surface area (Å²) in [5.74, 6) is -1.40. The maximum atomic E-state index is 12.9. The molecule has 5 nitrogen and oxygen atoms in total. The second-order valence-electron chi connectivity index (χ2n) is 8.85. The fourth-order valence-corrected chi connectivity index (χ4v) is 4.73. The Morgan fingerprint density at radius 2 is 1.90 bits per heavy atom. The topological polar surface area (TPSA) is 89.8 Å². The van der Waals surface area contributed by atoms with Gasteiger partial charge in [0.15, 0.2) is 5.60 Å². The van der Waals surface area contributed by atoms with Crippen LogP contribution in [0, 0.1) is 17.8 Å². The highest BCUT2D eigenvalue weighted by Crippen LogP contribution is 2.47. The van der Waals surface area contributed by atoms with E-state index >= 15 is 0 Å². The summed E-state index contributed by atoms with van der Waals surface area (Å²) in [4.78, 5) is 12.9. The van der Waals surface area contributed by atoms with E-state index in [1.54, 1.807) is 6.92 Å². The minimum atomic E-state index is -1.58. The third-order valence-electron chi connectivity index (χ3n) is 6.60. The number of fused-ring (bicyclic) bond motifs is 1. The average Bonchev–Trinajstić information content (AvgIpc) is 2.96. The van der Waals surface area contributed by atoms with Gasteiger partial charge >= 0.3 is 0 Å². The first-order chi connectivity index (χ1) is 14.2. The number of aliphatic hydroxyl groups excluding tert-OH is 2. The van der Waals surface area contributed by atoms with Crippen LogP contribution >= 0.6 is 0 Å². The van der Waals surface area contributed by atoms with Crippen LogP contribution in [0.2, 0.25) is 0 Å². The molecule has 1 saturated heterocycles. The molecule has 1 fully saturated rings. The second-order valence-corrected chi connectivity index (χ2v) is 8.85. The Balaban J connectivity index is 1.83. The highest BCUT2D eigenvalue weighted by atomic mass is 16.3. The third-order valence-corrected chi connectivity index (χ3v) is 6.60. The Labute approximate surface area is 178 Å². The van der Waals surface area contributed by atoms with Crippen LogP contribution in [-0.2, 0) is 11.2 Å². The SMILES string of the molecule is C=C1C(C)=C[C@H](C=CC[C@H](C)[C@H](O)[C@H](C)O)[C@]2(O)C(=O)N[C@@H](Cc3ccccc3)[C@H]12. The molecule has 1 aliphatic carbocycles. The number of benzene rings is 1. The summed E-state index contributed by atoms with van der Waals surface area (Å²) >= 11 is 0. The van der Waals surface area contributed by atoms with Gasteiger partial charge in [-0.1, -0.05) is 67.6 Å². The molecule has 0 bridgehead atoms. The second kappa shape index (κ2) is 8.88. The fourth-order valence-electron chi connectivity index (χ4n) is 4.73. The van der Waals surface area contributed by atoms with Gasteiger partial charge in [0.05, 0.1) is 12.2 Å². The molecule has 162 valence electrons. The highest BCUT2D eigenvalue weighted by Gasteiger charge is 2.59. The zero-order chi connectivity index (χ0) is 22.1. The van der Waals surface area contributed by atoms with Gasteiger partial charge in [0.2, 0.25) is 0 Å². The lowest BCUT2D eigenvalue weighted by Gasteiger charge is -2.39. The molecule has 1 amide bonds. The van der Waals surface area contributed by atoms with Crippen LogP contribution in [0.3, 0.4) is 0 Å². The molecule has 4 N–H and O–H groups in total. The summed E-state index contributed by atoms with van der Waals surface area (Å²) in [7, 11) is 0.